The number of aliphatic carboxylic acids is 1. The van der Waals surface area contributed by atoms with Crippen LogP contribution in [0.5, 0.6) is 0 Å². The molecule has 1 amide bonds. The largest absolute Gasteiger partial charge is 0.481 e. The molecular weight excluding hydrogens is 172 g/mol. The maximum atomic E-state index is 11.0. The van der Waals surface area contributed by atoms with Crippen molar-refractivity contribution in [2.45, 2.75) is 25.7 Å². The van der Waals surface area contributed by atoms with E-state index in [1.54, 1.807) is 0 Å². The van der Waals surface area contributed by atoms with E-state index in [4.69, 9.17) is 10.4 Å². The first-order valence-corrected chi connectivity index (χ1v) is 4.02. The molecule has 0 radical (unpaired) electrons. The van der Waals surface area contributed by atoms with E-state index in [2.05, 4.69) is 0 Å². The molecule has 0 aliphatic heterocycles. The van der Waals surface area contributed by atoms with Crippen molar-refractivity contribution in [3.8, 4) is 6.19 Å². The van der Waals surface area contributed by atoms with Crippen molar-refractivity contribution in [1.82, 2.24) is 5.32 Å². The highest BCUT2D eigenvalue weighted by Crippen LogP contribution is 2.44. The van der Waals surface area contributed by atoms with Crippen molar-refractivity contribution in [3.63, 3.8) is 0 Å². The van der Waals surface area contributed by atoms with Crippen molar-refractivity contribution in [2.75, 3.05) is 0 Å². The van der Waals surface area contributed by atoms with Crippen LogP contribution in [-0.2, 0) is 9.59 Å². The topological polar surface area (TPSA) is 90.2 Å². The van der Waals surface area contributed by atoms with Crippen molar-refractivity contribution < 1.29 is 14.7 Å². The molecular formula is C8H10N2O3. The molecule has 70 valence electrons. The van der Waals surface area contributed by atoms with Crippen LogP contribution < -0.4 is 5.32 Å². The summed E-state index contributed by atoms with van der Waals surface area (Å²) < 4.78 is 0. The van der Waals surface area contributed by atoms with Gasteiger partial charge in [-0.2, -0.15) is 5.26 Å². The molecule has 5 nitrogen and oxygen atoms in total. The monoisotopic (exact) mass is 182 g/mol. The van der Waals surface area contributed by atoms with Gasteiger partial charge in [0, 0.05) is 6.42 Å². The number of amides is 1. The zero-order valence-electron chi connectivity index (χ0n) is 7.04. The Bertz CT molecular complexity index is 276. The van der Waals surface area contributed by atoms with Gasteiger partial charge in [-0.1, -0.05) is 6.42 Å². The zero-order chi connectivity index (χ0) is 9.90. The molecule has 0 bridgehead atoms. The summed E-state index contributed by atoms with van der Waals surface area (Å²) in [7, 11) is 0. The number of nitrogens with zero attached hydrogens (tertiary/aromatic N) is 1. The molecule has 0 spiro atoms. The lowest BCUT2D eigenvalue weighted by Gasteiger charge is -2.36. The quantitative estimate of drug-likeness (QED) is 0.482. The first kappa shape index (κ1) is 9.52. The van der Waals surface area contributed by atoms with Gasteiger partial charge in [0.15, 0.2) is 6.19 Å². The second-order valence-electron chi connectivity index (χ2n) is 3.28. The average molecular weight is 182 g/mol. The van der Waals surface area contributed by atoms with Crippen LogP contribution in [0, 0.1) is 16.9 Å². The van der Waals surface area contributed by atoms with E-state index in [0.29, 0.717) is 12.8 Å². The summed E-state index contributed by atoms with van der Waals surface area (Å²) in [5.74, 6) is -1.45. The van der Waals surface area contributed by atoms with Crippen LogP contribution in [0.2, 0.25) is 0 Å². The summed E-state index contributed by atoms with van der Waals surface area (Å²) in [6, 6.07) is 0. The Morgan fingerprint density at radius 1 is 1.54 bits per heavy atom. The molecule has 13 heavy (non-hydrogen) atoms. The van der Waals surface area contributed by atoms with Gasteiger partial charge in [0.25, 0.3) is 0 Å². The smallest absolute Gasteiger partial charge is 0.310 e. The van der Waals surface area contributed by atoms with E-state index in [1.165, 1.54) is 6.19 Å². The summed E-state index contributed by atoms with van der Waals surface area (Å²) in [5, 5.41) is 18.9. The van der Waals surface area contributed by atoms with Gasteiger partial charge in [0.1, 0.15) is 0 Å². The minimum atomic E-state index is -0.938. The van der Waals surface area contributed by atoms with Crippen LogP contribution in [0.3, 0.4) is 0 Å². The van der Waals surface area contributed by atoms with E-state index >= 15 is 0 Å². The van der Waals surface area contributed by atoms with Gasteiger partial charge in [-0.15, -0.1) is 0 Å². The second kappa shape index (κ2) is 3.44. The molecule has 0 unspecified atom stereocenters. The van der Waals surface area contributed by atoms with Crippen molar-refractivity contribution in [2.24, 2.45) is 5.41 Å². The molecule has 0 aromatic heterocycles. The minimum absolute atomic E-state index is 0.0874. The molecule has 1 rings (SSSR count). The van der Waals surface area contributed by atoms with E-state index < -0.39 is 17.3 Å². The van der Waals surface area contributed by atoms with E-state index in [9.17, 15) is 9.59 Å². The number of carbonyl (C=O) groups is 2. The normalized spacial score (nSPS) is 18.1. The Morgan fingerprint density at radius 3 is 2.46 bits per heavy atom. The maximum absolute atomic E-state index is 11.0. The highest BCUT2D eigenvalue weighted by molar-refractivity contribution is 5.86. The van der Waals surface area contributed by atoms with Crippen LogP contribution in [0.4, 0.5) is 0 Å². The lowest BCUT2D eigenvalue weighted by Crippen LogP contribution is -2.41. The number of carbonyl (C=O) groups excluding carboxylic acids is 1. The first-order chi connectivity index (χ1) is 6.10. The van der Waals surface area contributed by atoms with Crippen LogP contribution in [0.1, 0.15) is 25.7 Å². The lowest BCUT2D eigenvalue weighted by atomic mass is 9.66. The predicted octanol–water partition coefficient (Wildman–Crippen LogP) is 0.229. The Hall–Kier alpha value is -1.57. The third-order valence-electron chi connectivity index (χ3n) is 2.46. The van der Waals surface area contributed by atoms with Crippen LogP contribution in [-0.4, -0.2) is 17.0 Å². The molecule has 1 aliphatic rings. The van der Waals surface area contributed by atoms with Crippen LogP contribution in [0.15, 0.2) is 0 Å². The van der Waals surface area contributed by atoms with E-state index in [-0.39, 0.29) is 6.42 Å². The Balaban J connectivity index is 2.55. The fourth-order valence-corrected chi connectivity index (χ4v) is 1.48. The van der Waals surface area contributed by atoms with Crippen molar-refractivity contribution in [1.29, 1.82) is 5.26 Å². The maximum Gasteiger partial charge on any atom is 0.310 e. The van der Waals surface area contributed by atoms with E-state index in [0.717, 1.165) is 6.42 Å². The van der Waals surface area contributed by atoms with Gasteiger partial charge in [-0.3, -0.25) is 14.9 Å². The fraction of sp³-hybridized carbons (Fsp3) is 0.625. The lowest BCUT2D eigenvalue weighted by molar-refractivity contribution is -0.157. The second-order valence-corrected chi connectivity index (χ2v) is 3.28. The standard InChI is InChI=1S/C8H10N2O3/c9-5-10-6(11)4-8(7(12)13)2-1-3-8/h1-4H2,(H,10,11)(H,12,13). The summed E-state index contributed by atoms with van der Waals surface area (Å²) in [6.45, 7) is 0. The molecule has 0 aromatic carbocycles. The third kappa shape index (κ3) is 1.78. The minimum Gasteiger partial charge on any atom is -0.481 e. The van der Waals surface area contributed by atoms with E-state index in [1.807, 2.05) is 5.32 Å². The Morgan fingerprint density at radius 2 is 2.15 bits per heavy atom. The highest BCUT2D eigenvalue weighted by atomic mass is 16.4. The molecule has 5 heteroatoms. The van der Waals surface area contributed by atoms with Gasteiger partial charge < -0.3 is 5.11 Å². The number of nitriles is 1. The number of nitrogens with one attached hydrogen (secondary N) is 1. The van der Waals surface area contributed by atoms with Crippen LogP contribution in [0.25, 0.3) is 0 Å². The third-order valence-corrected chi connectivity index (χ3v) is 2.46. The van der Waals surface area contributed by atoms with Crippen molar-refractivity contribution >= 4 is 11.9 Å². The number of hydrogen-bond donors (Lipinski definition) is 2. The molecule has 0 atom stereocenters. The van der Waals surface area contributed by atoms with Gasteiger partial charge >= 0.3 is 5.97 Å². The molecule has 0 heterocycles. The highest BCUT2D eigenvalue weighted by Gasteiger charge is 2.45. The summed E-state index contributed by atoms with van der Waals surface area (Å²) in [5.41, 5.74) is -0.902. The average Bonchev–Trinajstić information content (AvgIpc) is 1.96. The zero-order valence-corrected chi connectivity index (χ0v) is 7.04. The molecule has 1 saturated carbocycles. The number of carboxylic acid groups (broad SMARTS) is 1. The first-order valence-electron chi connectivity index (χ1n) is 4.02. The number of carboxylic acids is 1. The van der Waals surface area contributed by atoms with Gasteiger partial charge in [0.2, 0.25) is 5.91 Å². The van der Waals surface area contributed by atoms with Gasteiger partial charge in [-0.25, -0.2) is 0 Å². The molecule has 1 aliphatic carbocycles. The molecule has 0 aromatic rings. The predicted molar refractivity (Wildman–Crippen MR) is 42.3 cm³/mol. The SMILES string of the molecule is N#CNC(=O)CC1(C(=O)O)CCC1. The number of rotatable bonds is 3. The summed E-state index contributed by atoms with van der Waals surface area (Å²) >= 11 is 0. The van der Waals surface area contributed by atoms with Crippen LogP contribution >= 0.6 is 0 Å². The number of hydrogen-bond acceptors (Lipinski definition) is 3. The molecule has 1 fully saturated rings. The Labute approximate surface area is 75.3 Å². The van der Waals surface area contributed by atoms with Gasteiger partial charge in [-0.05, 0) is 12.8 Å². The molecule has 2 N–H and O–H groups in total. The fourth-order valence-electron chi connectivity index (χ4n) is 1.48. The van der Waals surface area contributed by atoms with Crippen molar-refractivity contribution in [3.05, 3.63) is 0 Å². The summed E-state index contributed by atoms with van der Waals surface area (Å²) in [4.78, 5) is 21.7. The Kier molecular flexibility index (Phi) is 2.52. The van der Waals surface area contributed by atoms with Gasteiger partial charge in [0.05, 0.1) is 5.41 Å². The summed E-state index contributed by atoms with van der Waals surface area (Å²) in [6.07, 6.45) is 3.29. The molecule has 0 saturated heterocycles.